The molecule has 3 heterocycles. The number of rotatable bonds is 2. The van der Waals surface area contributed by atoms with Crippen molar-refractivity contribution < 1.29 is 18.0 Å². The zero-order valence-electron chi connectivity index (χ0n) is 14.4. The van der Waals surface area contributed by atoms with E-state index in [0.29, 0.717) is 30.8 Å². The van der Waals surface area contributed by atoms with Crippen LogP contribution in [-0.4, -0.2) is 37.6 Å². The minimum absolute atomic E-state index is 0.0581. The lowest BCUT2D eigenvalue weighted by Crippen LogP contribution is -2.34. The fourth-order valence-corrected chi connectivity index (χ4v) is 4.55. The molecule has 2 amide bonds. The molecule has 0 spiro atoms. The molecule has 0 saturated carbocycles. The average molecular weight is 388 g/mol. The van der Waals surface area contributed by atoms with E-state index in [9.17, 15) is 22.8 Å². The van der Waals surface area contributed by atoms with E-state index >= 15 is 0 Å². The molecular weight excluding hydrogens is 372 g/mol. The molecule has 27 heavy (non-hydrogen) atoms. The number of amides is 2. The van der Waals surface area contributed by atoms with Gasteiger partial charge in [0.1, 0.15) is 5.82 Å². The van der Waals surface area contributed by atoms with Crippen LogP contribution in [0.4, 0.5) is 11.5 Å². The molecule has 10 heteroatoms. The minimum Gasteiger partial charge on any atom is -0.384 e. The maximum absolute atomic E-state index is 12.6. The molecule has 0 saturated heterocycles. The van der Waals surface area contributed by atoms with Gasteiger partial charge in [-0.25, -0.2) is 8.42 Å². The molecule has 2 aromatic rings. The molecule has 0 fully saturated rings. The molecule has 1 aromatic heterocycles. The predicted molar refractivity (Wildman–Crippen MR) is 98.8 cm³/mol. The Bertz CT molecular complexity index is 1180. The standard InChI is InChI=1S/C17H16N4O5S/c1-27(25,26)20-6-2-3-9-4-5-10(7-12(9)20)21-13(22)8-11-14(15(21)18)17(24)19-16(11)23/h4-5,7-8H,2-3,6,18H2,1H3,(H,19,23,24). The summed E-state index contributed by atoms with van der Waals surface area (Å²) in [6, 6.07) is 6.00. The zero-order valence-corrected chi connectivity index (χ0v) is 15.2. The molecular formula is C17H16N4O5S. The lowest BCUT2D eigenvalue weighted by molar-refractivity contribution is 0.0880. The summed E-state index contributed by atoms with van der Waals surface area (Å²) >= 11 is 0. The second kappa shape index (κ2) is 5.68. The molecule has 1 aromatic carbocycles. The van der Waals surface area contributed by atoms with Crippen molar-refractivity contribution in [3.8, 4) is 5.69 Å². The number of aryl methyl sites for hydroxylation is 1. The molecule has 3 N–H and O–H groups in total. The number of carbonyl (C=O) groups excluding carboxylic acids is 2. The summed E-state index contributed by atoms with van der Waals surface area (Å²) < 4.78 is 26.6. The first kappa shape index (κ1) is 17.3. The molecule has 9 nitrogen and oxygen atoms in total. The van der Waals surface area contributed by atoms with Crippen molar-refractivity contribution in [1.82, 2.24) is 9.88 Å². The summed E-state index contributed by atoms with van der Waals surface area (Å²) in [5, 5.41) is 2.11. The van der Waals surface area contributed by atoms with Gasteiger partial charge in [0.2, 0.25) is 10.0 Å². The highest BCUT2D eigenvalue weighted by atomic mass is 32.2. The van der Waals surface area contributed by atoms with E-state index in [2.05, 4.69) is 5.32 Å². The number of nitrogens with one attached hydrogen (secondary N) is 1. The number of nitrogens with zero attached hydrogens (tertiary/aromatic N) is 2. The summed E-state index contributed by atoms with van der Waals surface area (Å²) in [5.74, 6) is -1.50. The first-order chi connectivity index (χ1) is 12.7. The number of hydrogen-bond donors (Lipinski definition) is 2. The number of aromatic nitrogens is 1. The Balaban J connectivity index is 1.94. The van der Waals surface area contributed by atoms with Gasteiger partial charge in [0.15, 0.2) is 0 Å². The minimum atomic E-state index is -3.48. The molecule has 0 bridgehead atoms. The summed E-state index contributed by atoms with van der Waals surface area (Å²) in [6.07, 6.45) is 2.54. The van der Waals surface area contributed by atoms with Gasteiger partial charge in [-0.15, -0.1) is 0 Å². The van der Waals surface area contributed by atoms with Gasteiger partial charge >= 0.3 is 0 Å². The maximum Gasteiger partial charge on any atom is 0.262 e. The van der Waals surface area contributed by atoms with Crippen LogP contribution in [0.3, 0.4) is 0 Å². The van der Waals surface area contributed by atoms with Crippen molar-refractivity contribution in [2.24, 2.45) is 0 Å². The van der Waals surface area contributed by atoms with Crippen LogP contribution in [0.1, 0.15) is 32.7 Å². The number of hydrogen-bond acceptors (Lipinski definition) is 6. The monoisotopic (exact) mass is 388 g/mol. The highest BCUT2D eigenvalue weighted by molar-refractivity contribution is 7.92. The molecule has 0 atom stereocenters. The Morgan fingerprint density at radius 2 is 1.85 bits per heavy atom. The molecule has 4 rings (SSSR count). The number of fused-ring (bicyclic) bond motifs is 2. The van der Waals surface area contributed by atoms with E-state index in [4.69, 9.17) is 5.73 Å². The van der Waals surface area contributed by atoms with Crippen LogP contribution in [0.25, 0.3) is 5.69 Å². The maximum atomic E-state index is 12.6. The topological polar surface area (TPSA) is 132 Å². The van der Waals surface area contributed by atoms with Crippen LogP contribution in [0, 0.1) is 0 Å². The highest BCUT2D eigenvalue weighted by Crippen LogP contribution is 2.32. The van der Waals surface area contributed by atoms with Gasteiger partial charge < -0.3 is 5.73 Å². The predicted octanol–water partition coefficient (Wildman–Crippen LogP) is 0.0155. The van der Waals surface area contributed by atoms with E-state index in [1.807, 2.05) is 0 Å². The van der Waals surface area contributed by atoms with Crippen molar-refractivity contribution in [1.29, 1.82) is 0 Å². The largest absolute Gasteiger partial charge is 0.384 e. The van der Waals surface area contributed by atoms with Gasteiger partial charge in [0.05, 0.1) is 28.8 Å². The summed E-state index contributed by atoms with van der Waals surface area (Å²) in [4.78, 5) is 36.3. The van der Waals surface area contributed by atoms with E-state index < -0.39 is 27.4 Å². The van der Waals surface area contributed by atoms with E-state index in [1.165, 1.54) is 4.31 Å². The average Bonchev–Trinajstić information content (AvgIpc) is 2.87. The number of anilines is 2. The second-order valence-electron chi connectivity index (χ2n) is 6.53. The van der Waals surface area contributed by atoms with Gasteiger partial charge in [0, 0.05) is 12.6 Å². The first-order valence-corrected chi connectivity index (χ1v) is 10.1. The lowest BCUT2D eigenvalue weighted by atomic mass is 10.0. The Labute approximate surface area is 154 Å². The number of sulfonamides is 1. The Kier molecular flexibility index (Phi) is 3.63. The van der Waals surface area contributed by atoms with Crippen molar-refractivity contribution in [2.45, 2.75) is 12.8 Å². The molecule has 140 valence electrons. The normalized spacial score (nSPS) is 16.1. The van der Waals surface area contributed by atoms with Gasteiger partial charge in [-0.05, 0) is 30.5 Å². The van der Waals surface area contributed by atoms with Gasteiger partial charge in [0.25, 0.3) is 17.4 Å². The number of carbonyl (C=O) groups is 2. The third-order valence-electron chi connectivity index (χ3n) is 4.76. The smallest absolute Gasteiger partial charge is 0.262 e. The van der Waals surface area contributed by atoms with Gasteiger partial charge in [-0.2, -0.15) is 0 Å². The Morgan fingerprint density at radius 1 is 1.11 bits per heavy atom. The fraction of sp³-hybridized carbons (Fsp3) is 0.235. The fourth-order valence-electron chi connectivity index (χ4n) is 3.56. The van der Waals surface area contributed by atoms with Gasteiger partial charge in [-0.1, -0.05) is 6.07 Å². The molecule has 0 aliphatic carbocycles. The molecule has 2 aliphatic heterocycles. The van der Waals surface area contributed by atoms with Crippen molar-refractivity contribution in [3.05, 3.63) is 51.3 Å². The first-order valence-electron chi connectivity index (χ1n) is 8.20. The molecule has 2 aliphatic rings. The number of nitrogens with two attached hydrogens (primary N) is 1. The zero-order chi connectivity index (χ0) is 19.5. The van der Waals surface area contributed by atoms with Crippen molar-refractivity contribution >= 4 is 33.3 Å². The van der Waals surface area contributed by atoms with Crippen molar-refractivity contribution in [2.75, 3.05) is 22.8 Å². The Hall–Kier alpha value is -3.14. The number of pyridine rings is 1. The van der Waals surface area contributed by atoms with Crippen LogP contribution in [-0.2, 0) is 16.4 Å². The highest BCUT2D eigenvalue weighted by Gasteiger charge is 2.32. The van der Waals surface area contributed by atoms with Crippen LogP contribution in [0.5, 0.6) is 0 Å². The molecule has 0 radical (unpaired) electrons. The summed E-state index contributed by atoms with van der Waals surface area (Å²) in [5.41, 5.74) is 6.98. The van der Waals surface area contributed by atoms with Crippen LogP contribution in [0.15, 0.2) is 29.1 Å². The number of imide groups is 1. The Morgan fingerprint density at radius 3 is 2.56 bits per heavy atom. The molecule has 0 unspecified atom stereocenters. The van der Waals surface area contributed by atoms with Crippen LogP contribution in [0.2, 0.25) is 0 Å². The van der Waals surface area contributed by atoms with Crippen molar-refractivity contribution in [3.63, 3.8) is 0 Å². The lowest BCUT2D eigenvalue weighted by Gasteiger charge is -2.29. The summed E-state index contributed by atoms with van der Waals surface area (Å²) in [6.45, 7) is 0.348. The third-order valence-corrected chi connectivity index (χ3v) is 5.94. The van der Waals surface area contributed by atoms with E-state index in [0.717, 1.165) is 22.5 Å². The third kappa shape index (κ3) is 2.60. The SMILES string of the molecule is CS(=O)(=O)N1CCCc2ccc(-n3c(N)c4c(cc3=O)C(=O)NC4=O)cc21. The number of benzene rings is 1. The second-order valence-corrected chi connectivity index (χ2v) is 8.43. The summed E-state index contributed by atoms with van der Waals surface area (Å²) in [7, 11) is -3.48. The number of nitrogen functional groups attached to an aromatic ring is 1. The van der Waals surface area contributed by atoms with Crippen LogP contribution < -0.4 is 20.9 Å². The van der Waals surface area contributed by atoms with E-state index in [-0.39, 0.29) is 16.9 Å². The van der Waals surface area contributed by atoms with E-state index in [1.54, 1.807) is 18.2 Å². The quantitative estimate of drug-likeness (QED) is 0.697. The van der Waals surface area contributed by atoms with Gasteiger partial charge in [-0.3, -0.25) is 28.6 Å². The van der Waals surface area contributed by atoms with Crippen LogP contribution >= 0.6 is 0 Å².